The highest BCUT2D eigenvalue weighted by atomic mass is 32.1. The van der Waals surface area contributed by atoms with Crippen molar-refractivity contribution in [3.05, 3.63) is 102 Å². The van der Waals surface area contributed by atoms with Crippen LogP contribution in [0.4, 0.5) is 0 Å². The van der Waals surface area contributed by atoms with Crippen LogP contribution >= 0.6 is 11.3 Å². The fourth-order valence-corrected chi connectivity index (χ4v) is 5.64. The molecule has 0 N–H and O–H groups in total. The lowest BCUT2D eigenvalue weighted by Gasteiger charge is -2.04. The monoisotopic (exact) mass is 433 g/mol. The Kier molecular flexibility index (Phi) is 4.40. The predicted octanol–water partition coefficient (Wildman–Crippen LogP) is 7.27. The van der Waals surface area contributed by atoms with Gasteiger partial charge in [0.25, 0.3) is 5.01 Å². The molecular formula is C28H21N2OS+. The first-order chi connectivity index (χ1) is 15.7. The Morgan fingerprint density at radius 3 is 2.25 bits per heavy atom. The van der Waals surface area contributed by atoms with Crippen LogP contribution in [0.5, 0.6) is 0 Å². The highest BCUT2D eigenvalue weighted by Gasteiger charge is 2.29. The summed E-state index contributed by atoms with van der Waals surface area (Å²) in [5.74, 6) is 0. The van der Waals surface area contributed by atoms with Crippen molar-refractivity contribution >= 4 is 33.4 Å². The molecule has 0 amide bonds. The van der Waals surface area contributed by atoms with Crippen molar-refractivity contribution in [3.8, 4) is 26.7 Å². The van der Waals surface area contributed by atoms with Crippen LogP contribution in [0.15, 0.2) is 95.5 Å². The van der Waals surface area contributed by atoms with E-state index in [1.54, 1.807) is 6.20 Å². The summed E-state index contributed by atoms with van der Waals surface area (Å²) in [6, 6.07) is 29.7. The van der Waals surface area contributed by atoms with Gasteiger partial charge in [0, 0.05) is 35.5 Å². The number of aryl methyl sites for hydroxylation is 1. The second-order valence-electron chi connectivity index (χ2n) is 7.98. The number of thiazole rings is 1. The Morgan fingerprint density at radius 1 is 0.781 bits per heavy atom. The zero-order valence-electron chi connectivity index (χ0n) is 17.9. The molecule has 3 nitrogen and oxygen atoms in total. The van der Waals surface area contributed by atoms with Gasteiger partial charge in [-0.05, 0) is 42.8 Å². The van der Waals surface area contributed by atoms with Crippen LogP contribution in [-0.4, -0.2) is 4.98 Å². The van der Waals surface area contributed by atoms with Crippen molar-refractivity contribution in [1.82, 2.24) is 4.98 Å². The number of benzene rings is 3. The minimum Gasteiger partial charge on any atom is -0.438 e. The van der Waals surface area contributed by atoms with E-state index in [-0.39, 0.29) is 0 Å². The first kappa shape index (κ1) is 19.0. The fourth-order valence-electron chi connectivity index (χ4n) is 4.37. The van der Waals surface area contributed by atoms with Gasteiger partial charge in [-0.2, -0.15) is 0 Å². The summed E-state index contributed by atoms with van der Waals surface area (Å²) in [6.45, 7) is 4.36. The third-order valence-electron chi connectivity index (χ3n) is 5.93. The van der Waals surface area contributed by atoms with E-state index in [4.69, 9.17) is 4.42 Å². The number of fused-ring (bicyclic) bond motifs is 3. The van der Waals surface area contributed by atoms with E-state index in [1.807, 2.05) is 17.4 Å². The zero-order chi connectivity index (χ0) is 21.7. The van der Waals surface area contributed by atoms with E-state index in [2.05, 4.69) is 102 Å². The lowest BCUT2D eigenvalue weighted by Crippen LogP contribution is -2.35. The summed E-state index contributed by atoms with van der Waals surface area (Å²) in [5.41, 5.74) is 7.56. The molecule has 3 heterocycles. The summed E-state index contributed by atoms with van der Waals surface area (Å²) in [5, 5.41) is 3.35. The third-order valence-corrected chi connectivity index (χ3v) is 7.28. The number of pyridine rings is 1. The topological polar surface area (TPSA) is 29.9 Å². The second kappa shape index (κ2) is 7.43. The Hall–Kier alpha value is -3.76. The molecular weight excluding hydrogens is 412 g/mol. The van der Waals surface area contributed by atoms with Gasteiger partial charge in [0.15, 0.2) is 0 Å². The average molecular weight is 434 g/mol. The van der Waals surface area contributed by atoms with Gasteiger partial charge in [-0.15, -0.1) is 4.57 Å². The van der Waals surface area contributed by atoms with Crippen LogP contribution < -0.4 is 4.57 Å². The fraction of sp³-hybridized carbons (Fsp3) is 0.0714. The molecule has 0 fully saturated rings. The molecule has 0 bridgehead atoms. The number of hydrogen-bond acceptors (Lipinski definition) is 3. The van der Waals surface area contributed by atoms with Gasteiger partial charge in [-0.3, -0.25) is 0 Å². The summed E-state index contributed by atoms with van der Waals surface area (Å²) >= 11 is 1.83. The van der Waals surface area contributed by atoms with Crippen LogP contribution in [0.2, 0.25) is 0 Å². The van der Waals surface area contributed by atoms with Crippen molar-refractivity contribution in [3.63, 3.8) is 0 Å². The van der Waals surface area contributed by atoms with Crippen LogP contribution in [0.25, 0.3) is 48.8 Å². The molecule has 0 saturated carbocycles. The number of aromatic nitrogens is 2. The Balaban J connectivity index is 1.67. The molecule has 0 spiro atoms. The molecule has 0 saturated heterocycles. The van der Waals surface area contributed by atoms with Gasteiger partial charge in [-0.25, -0.2) is 4.98 Å². The number of rotatable bonds is 3. The molecule has 154 valence electrons. The van der Waals surface area contributed by atoms with E-state index in [1.165, 1.54) is 38.0 Å². The maximum Gasteiger partial charge on any atom is 0.275 e. The van der Waals surface area contributed by atoms with E-state index >= 15 is 0 Å². The first-order valence-corrected chi connectivity index (χ1v) is 11.5. The van der Waals surface area contributed by atoms with E-state index in [0.717, 1.165) is 16.4 Å². The minimum absolute atomic E-state index is 0.680. The minimum atomic E-state index is 0.680. The average Bonchev–Trinajstić information content (AvgIpc) is 3.36. The third kappa shape index (κ3) is 2.95. The SMILES string of the molecule is Cc1cc2oc3ncccc3c2cc1-[n+]1c(-c2ccccc2)sc(-c2ccccc2)c1C. The van der Waals surface area contributed by atoms with Crippen LogP contribution in [0.3, 0.4) is 0 Å². The Morgan fingerprint density at radius 2 is 1.50 bits per heavy atom. The molecule has 0 aliphatic carbocycles. The van der Waals surface area contributed by atoms with Crippen LogP contribution in [0, 0.1) is 13.8 Å². The smallest absolute Gasteiger partial charge is 0.275 e. The molecule has 32 heavy (non-hydrogen) atoms. The molecule has 0 aliphatic heterocycles. The van der Waals surface area contributed by atoms with Crippen molar-refractivity contribution in [2.75, 3.05) is 0 Å². The zero-order valence-corrected chi connectivity index (χ0v) is 18.7. The normalized spacial score (nSPS) is 11.4. The number of nitrogens with zero attached hydrogens (tertiary/aromatic N) is 2. The first-order valence-electron chi connectivity index (χ1n) is 10.7. The quantitative estimate of drug-likeness (QED) is 0.275. The molecule has 0 radical (unpaired) electrons. The van der Waals surface area contributed by atoms with Gasteiger partial charge >= 0.3 is 0 Å². The highest BCUT2D eigenvalue weighted by Crippen LogP contribution is 2.37. The molecule has 0 atom stereocenters. The molecule has 3 aromatic carbocycles. The Labute approximate surface area is 190 Å². The number of hydrogen-bond donors (Lipinski definition) is 0. The van der Waals surface area contributed by atoms with Crippen molar-refractivity contribution in [2.24, 2.45) is 0 Å². The van der Waals surface area contributed by atoms with Gasteiger partial charge in [0.05, 0.1) is 5.56 Å². The molecule has 0 unspecified atom stereocenters. The van der Waals surface area contributed by atoms with Crippen LogP contribution in [0.1, 0.15) is 11.3 Å². The Bertz CT molecular complexity index is 1580. The van der Waals surface area contributed by atoms with Gasteiger partial charge in [0.1, 0.15) is 10.5 Å². The molecule has 6 aromatic rings. The van der Waals surface area contributed by atoms with Gasteiger partial charge < -0.3 is 4.42 Å². The maximum absolute atomic E-state index is 6.03. The number of furan rings is 1. The van der Waals surface area contributed by atoms with E-state index in [9.17, 15) is 0 Å². The predicted molar refractivity (Wildman–Crippen MR) is 131 cm³/mol. The van der Waals surface area contributed by atoms with Gasteiger partial charge in [0.2, 0.25) is 17.1 Å². The lowest BCUT2D eigenvalue weighted by molar-refractivity contribution is -0.585. The van der Waals surface area contributed by atoms with E-state index < -0.39 is 0 Å². The molecule has 4 heteroatoms. The van der Waals surface area contributed by atoms with E-state index in [0.29, 0.717) is 5.71 Å². The molecule has 0 aliphatic rings. The molecule has 3 aromatic heterocycles. The van der Waals surface area contributed by atoms with Gasteiger partial charge in [-0.1, -0.05) is 59.9 Å². The maximum atomic E-state index is 6.03. The summed E-state index contributed by atoms with van der Waals surface area (Å²) in [6.07, 6.45) is 1.77. The van der Waals surface area contributed by atoms with Crippen LogP contribution in [-0.2, 0) is 0 Å². The lowest BCUT2D eigenvalue weighted by atomic mass is 10.1. The van der Waals surface area contributed by atoms with Crippen molar-refractivity contribution in [1.29, 1.82) is 0 Å². The highest BCUT2D eigenvalue weighted by molar-refractivity contribution is 7.18. The van der Waals surface area contributed by atoms with Crippen molar-refractivity contribution in [2.45, 2.75) is 13.8 Å². The largest absolute Gasteiger partial charge is 0.438 e. The summed E-state index contributed by atoms with van der Waals surface area (Å²) in [7, 11) is 0. The summed E-state index contributed by atoms with van der Waals surface area (Å²) in [4.78, 5) is 5.69. The second-order valence-corrected chi connectivity index (χ2v) is 8.98. The van der Waals surface area contributed by atoms with Crippen molar-refractivity contribution < 1.29 is 8.98 Å². The summed E-state index contributed by atoms with van der Waals surface area (Å²) < 4.78 is 8.42. The molecule has 6 rings (SSSR count). The standard InChI is InChI=1S/C28H21N2OS/c1-18-16-25-23(22-14-9-15-29-27(22)31-25)17-24(18)30-19(2)26(20-10-5-3-6-11-20)32-28(30)21-12-7-4-8-13-21/h3-17H,1-2H3/q+1.